The van der Waals surface area contributed by atoms with Crippen molar-refractivity contribution in [3.63, 3.8) is 0 Å². The Balaban J connectivity index is 2.79. The molecule has 4 nitrogen and oxygen atoms in total. The second kappa shape index (κ2) is 6.99. The summed E-state index contributed by atoms with van der Waals surface area (Å²) in [5, 5.41) is 6.03. The summed E-state index contributed by atoms with van der Waals surface area (Å²) in [6.45, 7) is 6.11. The molecule has 0 aliphatic carbocycles. The molecule has 2 N–H and O–H groups in total. The minimum Gasteiger partial charge on any atom is -0.373 e. The molecule has 0 radical (unpaired) electrons. The fourth-order valence-corrected chi connectivity index (χ4v) is 1.92. The Morgan fingerprint density at radius 3 is 2.67 bits per heavy atom. The van der Waals surface area contributed by atoms with Crippen molar-refractivity contribution in [1.82, 2.24) is 10.3 Å². The Bertz CT molecular complexity index is 404. The first-order valence-corrected chi connectivity index (χ1v) is 6.58. The maximum atomic E-state index is 12.1. The molecule has 100 valence electrons. The van der Waals surface area contributed by atoms with E-state index in [0.29, 0.717) is 5.56 Å². The Labute approximate surface area is 109 Å². The third kappa shape index (κ3) is 4.02. The van der Waals surface area contributed by atoms with Crippen molar-refractivity contribution in [2.75, 3.05) is 12.4 Å². The van der Waals surface area contributed by atoms with Crippen LogP contribution in [0.2, 0.25) is 0 Å². The van der Waals surface area contributed by atoms with Crippen LogP contribution in [0.15, 0.2) is 12.1 Å². The fourth-order valence-electron chi connectivity index (χ4n) is 1.92. The number of hydrogen-bond acceptors (Lipinski definition) is 3. The van der Waals surface area contributed by atoms with Gasteiger partial charge in [0.2, 0.25) is 0 Å². The van der Waals surface area contributed by atoms with E-state index in [-0.39, 0.29) is 11.9 Å². The normalized spacial score (nSPS) is 12.0. The van der Waals surface area contributed by atoms with Crippen LogP contribution in [0.3, 0.4) is 0 Å². The molecule has 4 heteroatoms. The summed E-state index contributed by atoms with van der Waals surface area (Å²) < 4.78 is 0. The smallest absolute Gasteiger partial charge is 0.251 e. The molecule has 0 bridgehead atoms. The number of carbonyl (C=O) groups excluding carboxylic acids is 1. The van der Waals surface area contributed by atoms with Crippen molar-refractivity contribution in [2.45, 2.75) is 46.1 Å². The monoisotopic (exact) mass is 249 g/mol. The van der Waals surface area contributed by atoms with E-state index in [2.05, 4.69) is 29.5 Å². The number of carbonyl (C=O) groups is 1. The van der Waals surface area contributed by atoms with E-state index in [9.17, 15) is 4.79 Å². The zero-order valence-corrected chi connectivity index (χ0v) is 11.7. The van der Waals surface area contributed by atoms with Crippen LogP contribution >= 0.6 is 0 Å². The van der Waals surface area contributed by atoms with E-state index < -0.39 is 0 Å². The average molecular weight is 249 g/mol. The number of aryl methyl sites for hydroxylation is 1. The first-order valence-electron chi connectivity index (χ1n) is 6.58. The quantitative estimate of drug-likeness (QED) is 0.815. The van der Waals surface area contributed by atoms with Crippen LogP contribution in [0.1, 0.15) is 49.2 Å². The predicted molar refractivity (Wildman–Crippen MR) is 75.0 cm³/mol. The van der Waals surface area contributed by atoms with Gasteiger partial charge in [-0.05, 0) is 31.9 Å². The van der Waals surface area contributed by atoms with Gasteiger partial charge in [0, 0.05) is 24.3 Å². The van der Waals surface area contributed by atoms with Crippen molar-refractivity contribution in [3.05, 3.63) is 23.4 Å². The van der Waals surface area contributed by atoms with Crippen molar-refractivity contribution in [3.8, 4) is 0 Å². The minimum absolute atomic E-state index is 0.0164. The molecule has 1 atom stereocenters. The number of anilines is 1. The molecule has 1 unspecified atom stereocenters. The van der Waals surface area contributed by atoms with E-state index in [1.807, 2.05) is 13.0 Å². The summed E-state index contributed by atoms with van der Waals surface area (Å²) >= 11 is 0. The summed E-state index contributed by atoms with van der Waals surface area (Å²) in [5.41, 5.74) is 1.51. The van der Waals surface area contributed by atoms with Gasteiger partial charge in [0.1, 0.15) is 5.82 Å². The molecule has 1 rings (SSSR count). The third-order valence-electron chi connectivity index (χ3n) is 2.94. The predicted octanol–water partition coefficient (Wildman–Crippen LogP) is 2.74. The first kappa shape index (κ1) is 14.5. The highest BCUT2D eigenvalue weighted by Gasteiger charge is 2.12. The minimum atomic E-state index is -0.0164. The van der Waals surface area contributed by atoms with Crippen LogP contribution in [0.5, 0.6) is 0 Å². The van der Waals surface area contributed by atoms with Gasteiger partial charge in [-0.2, -0.15) is 0 Å². The third-order valence-corrected chi connectivity index (χ3v) is 2.94. The largest absolute Gasteiger partial charge is 0.373 e. The number of nitrogens with one attached hydrogen (secondary N) is 2. The molecule has 1 heterocycles. The summed E-state index contributed by atoms with van der Waals surface area (Å²) in [4.78, 5) is 16.4. The molecular formula is C14H23N3O. The average Bonchev–Trinajstić information content (AvgIpc) is 2.37. The highest BCUT2D eigenvalue weighted by atomic mass is 16.1. The zero-order valence-electron chi connectivity index (χ0n) is 11.7. The molecule has 0 saturated carbocycles. The van der Waals surface area contributed by atoms with E-state index in [0.717, 1.165) is 30.8 Å². The van der Waals surface area contributed by atoms with Gasteiger partial charge >= 0.3 is 0 Å². The van der Waals surface area contributed by atoms with E-state index >= 15 is 0 Å². The number of rotatable bonds is 6. The highest BCUT2D eigenvalue weighted by molar-refractivity contribution is 5.95. The molecule has 18 heavy (non-hydrogen) atoms. The summed E-state index contributed by atoms with van der Waals surface area (Å²) in [6, 6.07) is 3.85. The van der Waals surface area contributed by atoms with Crippen molar-refractivity contribution in [2.24, 2.45) is 0 Å². The molecule has 0 saturated heterocycles. The van der Waals surface area contributed by atoms with Crippen LogP contribution in [0.25, 0.3) is 0 Å². The van der Waals surface area contributed by atoms with Crippen LogP contribution in [-0.2, 0) is 0 Å². The molecular weight excluding hydrogens is 226 g/mol. The fraction of sp³-hybridized carbons (Fsp3) is 0.571. The molecule has 0 spiro atoms. The van der Waals surface area contributed by atoms with E-state index in [1.54, 1.807) is 13.1 Å². The zero-order chi connectivity index (χ0) is 13.5. The molecule has 0 aliphatic heterocycles. The molecule has 0 aliphatic rings. The van der Waals surface area contributed by atoms with E-state index in [4.69, 9.17) is 0 Å². The topological polar surface area (TPSA) is 54.0 Å². The van der Waals surface area contributed by atoms with Gasteiger partial charge in [-0.1, -0.05) is 20.3 Å². The van der Waals surface area contributed by atoms with Crippen molar-refractivity contribution in [1.29, 1.82) is 0 Å². The Hall–Kier alpha value is -1.58. The SMILES string of the molecule is CCCC(CC)NC(=O)c1cc(C)nc(NC)c1. The van der Waals surface area contributed by atoms with E-state index in [1.165, 1.54) is 0 Å². The van der Waals surface area contributed by atoms with Gasteiger partial charge in [0.25, 0.3) is 5.91 Å². The lowest BCUT2D eigenvalue weighted by Crippen LogP contribution is -2.34. The number of hydrogen-bond donors (Lipinski definition) is 2. The molecule has 1 aromatic rings. The number of aromatic nitrogens is 1. The lowest BCUT2D eigenvalue weighted by atomic mass is 10.1. The van der Waals surface area contributed by atoms with Gasteiger partial charge in [0.15, 0.2) is 0 Å². The van der Waals surface area contributed by atoms with Gasteiger partial charge in [-0.15, -0.1) is 0 Å². The summed E-state index contributed by atoms with van der Waals surface area (Å²) in [7, 11) is 1.80. The Morgan fingerprint density at radius 2 is 2.11 bits per heavy atom. The van der Waals surface area contributed by atoms with Crippen LogP contribution in [-0.4, -0.2) is 24.0 Å². The Morgan fingerprint density at radius 1 is 1.39 bits per heavy atom. The number of pyridine rings is 1. The molecule has 1 aromatic heterocycles. The number of nitrogens with zero attached hydrogens (tertiary/aromatic N) is 1. The van der Waals surface area contributed by atoms with Gasteiger partial charge in [-0.3, -0.25) is 4.79 Å². The second-order valence-corrected chi connectivity index (χ2v) is 4.50. The van der Waals surface area contributed by atoms with Gasteiger partial charge in [0.05, 0.1) is 0 Å². The summed E-state index contributed by atoms with van der Waals surface area (Å²) in [6.07, 6.45) is 3.06. The van der Waals surface area contributed by atoms with Gasteiger partial charge < -0.3 is 10.6 Å². The second-order valence-electron chi connectivity index (χ2n) is 4.50. The van der Waals surface area contributed by atoms with Crippen LogP contribution < -0.4 is 10.6 Å². The highest BCUT2D eigenvalue weighted by Crippen LogP contribution is 2.11. The molecule has 1 amide bonds. The lowest BCUT2D eigenvalue weighted by molar-refractivity contribution is 0.0933. The lowest BCUT2D eigenvalue weighted by Gasteiger charge is -2.16. The van der Waals surface area contributed by atoms with Crippen molar-refractivity contribution < 1.29 is 4.79 Å². The van der Waals surface area contributed by atoms with Crippen molar-refractivity contribution >= 4 is 11.7 Å². The van der Waals surface area contributed by atoms with Gasteiger partial charge in [-0.25, -0.2) is 4.98 Å². The standard InChI is InChI=1S/C14H23N3O/c1-5-7-12(6-2)17-14(18)11-8-10(3)16-13(9-11)15-4/h8-9,12H,5-7H2,1-4H3,(H,15,16)(H,17,18). The van der Waals surface area contributed by atoms with Crippen LogP contribution in [0.4, 0.5) is 5.82 Å². The Kier molecular flexibility index (Phi) is 5.62. The van der Waals surface area contributed by atoms with Crippen LogP contribution in [0, 0.1) is 6.92 Å². The molecule has 0 aromatic carbocycles. The first-order chi connectivity index (χ1) is 8.60. The molecule has 0 fully saturated rings. The maximum absolute atomic E-state index is 12.1. The number of amides is 1. The maximum Gasteiger partial charge on any atom is 0.251 e. The summed E-state index contributed by atoms with van der Waals surface area (Å²) in [5.74, 6) is 0.709.